The van der Waals surface area contributed by atoms with Crippen molar-refractivity contribution in [1.29, 1.82) is 0 Å². The Morgan fingerprint density at radius 1 is 1.55 bits per heavy atom. The van der Waals surface area contributed by atoms with E-state index in [2.05, 4.69) is 15.4 Å². The van der Waals surface area contributed by atoms with E-state index in [1.54, 1.807) is 10.9 Å². The molecule has 3 rings (SSSR count). The first-order chi connectivity index (χ1) is 9.66. The van der Waals surface area contributed by atoms with Gasteiger partial charge in [0, 0.05) is 24.9 Å². The predicted molar refractivity (Wildman–Crippen MR) is 69.0 cm³/mol. The number of oxazole rings is 1. The van der Waals surface area contributed by atoms with E-state index in [-0.39, 0.29) is 23.7 Å². The maximum absolute atomic E-state index is 12.0. The Morgan fingerprint density at radius 3 is 3.05 bits per heavy atom. The summed E-state index contributed by atoms with van der Waals surface area (Å²) in [6.45, 7) is 2.60. The molecule has 7 nitrogen and oxygen atoms in total. The molecular weight excluding hydrogens is 260 g/mol. The number of carbonyl (C=O) groups is 1. The monoisotopic (exact) mass is 276 g/mol. The highest BCUT2D eigenvalue weighted by Gasteiger charge is 2.33. The summed E-state index contributed by atoms with van der Waals surface area (Å²) >= 11 is 0. The van der Waals surface area contributed by atoms with E-state index < -0.39 is 0 Å². The number of aromatic nitrogens is 3. The SMILES string of the molecule is Cc1c([C@H]2OCC[C@@H]2NC(=O)c2cocn2)cnn1C. The summed E-state index contributed by atoms with van der Waals surface area (Å²) in [4.78, 5) is 15.9. The summed E-state index contributed by atoms with van der Waals surface area (Å²) in [6, 6.07) is -0.0814. The predicted octanol–water partition coefficient (Wildman–Crippen LogP) is 0.977. The highest BCUT2D eigenvalue weighted by molar-refractivity contribution is 5.92. The first kappa shape index (κ1) is 12.9. The molecule has 0 bridgehead atoms. The fraction of sp³-hybridized carbons (Fsp3) is 0.462. The molecule has 2 aromatic heterocycles. The summed E-state index contributed by atoms with van der Waals surface area (Å²) in [7, 11) is 1.89. The van der Waals surface area contributed by atoms with Crippen LogP contribution in [0.25, 0.3) is 0 Å². The van der Waals surface area contributed by atoms with E-state index in [1.807, 2.05) is 14.0 Å². The lowest BCUT2D eigenvalue weighted by atomic mass is 10.0. The summed E-state index contributed by atoms with van der Waals surface area (Å²) < 4.78 is 12.4. The van der Waals surface area contributed by atoms with Crippen LogP contribution in [-0.4, -0.2) is 33.3 Å². The summed E-state index contributed by atoms with van der Waals surface area (Å²) in [5, 5.41) is 7.16. The van der Waals surface area contributed by atoms with Crippen LogP contribution < -0.4 is 5.32 Å². The fourth-order valence-corrected chi connectivity index (χ4v) is 2.41. The third kappa shape index (κ3) is 2.20. The van der Waals surface area contributed by atoms with Crippen molar-refractivity contribution in [2.24, 2.45) is 7.05 Å². The molecule has 20 heavy (non-hydrogen) atoms. The molecule has 2 atom stereocenters. The molecule has 0 saturated carbocycles. The molecule has 1 fully saturated rings. The molecule has 2 aromatic rings. The summed E-state index contributed by atoms with van der Waals surface area (Å²) in [5.41, 5.74) is 2.33. The zero-order valence-electron chi connectivity index (χ0n) is 11.4. The maximum atomic E-state index is 12.0. The average Bonchev–Trinajstić information content (AvgIpc) is 3.13. The standard InChI is InChI=1S/C13H16N4O3/c1-8-9(5-15-17(8)2)12-10(3-4-20-12)16-13(18)11-6-19-7-14-11/h5-7,10,12H,3-4H2,1-2H3,(H,16,18)/t10-,12+/m0/s1. The zero-order chi connectivity index (χ0) is 14.1. The minimum Gasteiger partial charge on any atom is -0.451 e. The van der Waals surface area contributed by atoms with Gasteiger partial charge >= 0.3 is 0 Å². The lowest BCUT2D eigenvalue weighted by molar-refractivity contribution is 0.0815. The Labute approximate surface area is 115 Å². The Hall–Kier alpha value is -2.15. The molecule has 0 aliphatic carbocycles. The molecule has 1 aliphatic rings. The van der Waals surface area contributed by atoms with Crippen LogP contribution in [0.5, 0.6) is 0 Å². The normalized spacial score (nSPS) is 22.1. The minimum atomic E-state index is -0.249. The van der Waals surface area contributed by atoms with E-state index in [0.717, 1.165) is 17.7 Å². The number of nitrogens with zero attached hydrogens (tertiary/aromatic N) is 3. The Morgan fingerprint density at radius 2 is 2.40 bits per heavy atom. The topological polar surface area (TPSA) is 82.2 Å². The number of nitrogens with one attached hydrogen (secondary N) is 1. The molecule has 0 unspecified atom stereocenters. The van der Waals surface area contributed by atoms with Gasteiger partial charge in [0.05, 0.1) is 12.2 Å². The summed E-state index contributed by atoms with van der Waals surface area (Å²) in [6.07, 6.45) is 4.96. The van der Waals surface area contributed by atoms with E-state index in [0.29, 0.717) is 6.61 Å². The first-order valence-corrected chi connectivity index (χ1v) is 6.46. The Bertz CT molecular complexity index is 605. The van der Waals surface area contributed by atoms with Gasteiger partial charge in [-0.1, -0.05) is 0 Å². The quantitative estimate of drug-likeness (QED) is 0.903. The third-order valence-corrected chi connectivity index (χ3v) is 3.65. The number of amides is 1. The van der Waals surface area contributed by atoms with Crippen molar-refractivity contribution in [3.05, 3.63) is 35.8 Å². The fourth-order valence-electron chi connectivity index (χ4n) is 2.41. The molecule has 0 radical (unpaired) electrons. The second-order valence-corrected chi connectivity index (χ2v) is 4.84. The van der Waals surface area contributed by atoms with Crippen LogP contribution in [0.4, 0.5) is 0 Å². The van der Waals surface area contributed by atoms with Crippen molar-refractivity contribution in [2.45, 2.75) is 25.5 Å². The number of hydrogen-bond acceptors (Lipinski definition) is 5. The smallest absolute Gasteiger partial charge is 0.273 e. The summed E-state index contributed by atoms with van der Waals surface area (Å²) in [5.74, 6) is -0.249. The number of aryl methyl sites for hydroxylation is 1. The van der Waals surface area contributed by atoms with Crippen LogP contribution in [0, 0.1) is 6.92 Å². The van der Waals surface area contributed by atoms with Gasteiger partial charge in [-0.2, -0.15) is 5.10 Å². The number of ether oxygens (including phenoxy) is 1. The Kier molecular flexibility index (Phi) is 3.27. The van der Waals surface area contributed by atoms with Crippen LogP contribution in [0.1, 0.15) is 34.3 Å². The maximum Gasteiger partial charge on any atom is 0.273 e. The second kappa shape index (κ2) is 5.09. The van der Waals surface area contributed by atoms with Gasteiger partial charge in [-0.05, 0) is 13.3 Å². The Balaban J connectivity index is 1.76. The van der Waals surface area contributed by atoms with Crippen molar-refractivity contribution in [1.82, 2.24) is 20.1 Å². The largest absolute Gasteiger partial charge is 0.451 e. The van der Waals surface area contributed by atoms with Crippen molar-refractivity contribution in [3.63, 3.8) is 0 Å². The zero-order valence-corrected chi connectivity index (χ0v) is 11.4. The molecular formula is C13H16N4O3. The van der Waals surface area contributed by atoms with Gasteiger partial charge in [-0.25, -0.2) is 4.98 Å². The molecule has 1 amide bonds. The van der Waals surface area contributed by atoms with Crippen molar-refractivity contribution in [3.8, 4) is 0 Å². The van der Waals surface area contributed by atoms with Crippen molar-refractivity contribution < 1.29 is 13.9 Å². The molecule has 106 valence electrons. The molecule has 1 saturated heterocycles. The third-order valence-electron chi connectivity index (χ3n) is 3.65. The molecule has 1 aliphatic heterocycles. The van der Waals surface area contributed by atoms with E-state index in [4.69, 9.17) is 9.15 Å². The van der Waals surface area contributed by atoms with Gasteiger partial charge in [0.2, 0.25) is 0 Å². The highest BCUT2D eigenvalue weighted by Crippen LogP contribution is 2.31. The van der Waals surface area contributed by atoms with Crippen molar-refractivity contribution in [2.75, 3.05) is 6.61 Å². The van der Waals surface area contributed by atoms with Crippen LogP contribution >= 0.6 is 0 Å². The molecule has 7 heteroatoms. The average molecular weight is 276 g/mol. The number of rotatable bonds is 3. The van der Waals surface area contributed by atoms with E-state index in [9.17, 15) is 4.79 Å². The van der Waals surface area contributed by atoms with Gasteiger partial charge in [-0.3, -0.25) is 9.48 Å². The number of carbonyl (C=O) groups excluding carboxylic acids is 1. The van der Waals surface area contributed by atoms with E-state index >= 15 is 0 Å². The lowest BCUT2D eigenvalue weighted by Crippen LogP contribution is -2.37. The van der Waals surface area contributed by atoms with Crippen LogP contribution in [0.3, 0.4) is 0 Å². The van der Waals surface area contributed by atoms with Gasteiger partial charge in [0.1, 0.15) is 12.4 Å². The number of hydrogen-bond donors (Lipinski definition) is 1. The highest BCUT2D eigenvalue weighted by atomic mass is 16.5. The molecule has 3 heterocycles. The molecule has 1 N–H and O–H groups in total. The molecule has 0 spiro atoms. The van der Waals surface area contributed by atoms with E-state index in [1.165, 1.54) is 12.7 Å². The second-order valence-electron chi connectivity index (χ2n) is 4.84. The lowest BCUT2D eigenvalue weighted by Gasteiger charge is -2.19. The van der Waals surface area contributed by atoms with Crippen LogP contribution in [-0.2, 0) is 11.8 Å². The van der Waals surface area contributed by atoms with Crippen molar-refractivity contribution >= 4 is 5.91 Å². The molecule has 0 aromatic carbocycles. The van der Waals surface area contributed by atoms with Gasteiger partial charge in [0.25, 0.3) is 5.91 Å². The van der Waals surface area contributed by atoms with Gasteiger partial charge in [0.15, 0.2) is 12.1 Å². The minimum absolute atomic E-state index is 0.0814. The first-order valence-electron chi connectivity index (χ1n) is 6.46. The van der Waals surface area contributed by atoms with Crippen LogP contribution in [0.15, 0.2) is 23.3 Å². The van der Waals surface area contributed by atoms with Gasteiger partial charge in [-0.15, -0.1) is 0 Å². The van der Waals surface area contributed by atoms with Crippen LogP contribution in [0.2, 0.25) is 0 Å². The van der Waals surface area contributed by atoms with Gasteiger partial charge < -0.3 is 14.5 Å².